The molecule has 0 bridgehead atoms. The van der Waals surface area contributed by atoms with Gasteiger partial charge in [0, 0.05) is 30.1 Å². The molecule has 1 N–H and O–H groups in total. The number of H-pyrrole nitrogens is 1. The topological polar surface area (TPSA) is 72.2 Å². The second-order valence-corrected chi connectivity index (χ2v) is 7.85. The molecule has 0 saturated heterocycles. The Labute approximate surface area is 179 Å². The molecule has 0 unspecified atom stereocenters. The Morgan fingerprint density at radius 2 is 1.93 bits per heavy atom. The van der Waals surface area contributed by atoms with E-state index in [2.05, 4.69) is 9.98 Å². The molecule has 152 valence electrons. The number of fused-ring (bicyclic) bond motifs is 1. The summed E-state index contributed by atoms with van der Waals surface area (Å²) in [5, 5.41) is 2.30. The molecule has 0 aliphatic rings. The minimum atomic E-state index is -0.380. The first-order valence-corrected chi connectivity index (χ1v) is 10.5. The normalized spacial score (nSPS) is 11.8. The second-order valence-electron chi connectivity index (χ2n) is 6.59. The monoisotopic (exact) mass is 440 g/mol. The molecule has 2 heterocycles. The van der Waals surface area contributed by atoms with E-state index in [0.717, 1.165) is 0 Å². The number of hydrogen-bond acceptors (Lipinski definition) is 4. The average Bonchev–Trinajstić information content (AvgIpc) is 3.16. The molecule has 2 aromatic heterocycles. The third-order valence-corrected chi connectivity index (χ3v) is 5.73. The number of aromatic amines is 1. The molecule has 0 saturated carbocycles. The van der Waals surface area contributed by atoms with Crippen LogP contribution in [0, 0.1) is 10.6 Å². The molecule has 6 nitrogen and oxygen atoms in total. The van der Waals surface area contributed by atoms with Crippen molar-refractivity contribution in [3.8, 4) is 0 Å². The smallest absolute Gasteiger partial charge is 0.262 e. The number of hydrogen-bond donors (Lipinski definition) is 1. The van der Waals surface area contributed by atoms with Gasteiger partial charge in [0.15, 0.2) is 9.57 Å². The Kier molecular flexibility index (Phi) is 5.82. The molecular weight excluding hydrogens is 423 g/mol. The third kappa shape index (κ3) is 4.22. The number of nitrogens with zero attached hydrogens (tertiary/aromatic N) is 3. The van der Waals surface area contributed by atoms with E-state index in [1.165, 1.54) is 22.0 Å². The van der Waals surface area contributed by atoms with E-state index in [0.29, 0.717) is 21.3 Å². The highest BCUT2D eigenvalue weighted by atomic mass is 32.1. The van der Waals surface area contributed by atoms with Crippen molar-refractivity contribution in [3.63, 3.8) is 0 Å². The van der Waals surface area contributed by atoms with E-state index in [-0.39, 0.29) is 41.6 Å². The predicted octanol–water partition coefficient (Wildman–Crippen LogP) is 3.63. The van der Waals surface area contributed by atoms with Gasteiger partial charge in [-0.25, -0.2) is 4.39 Å². The molecule has 0 fully saturated rings. The number of carbonyl (C=O) groups is 1. The van der Waals surface area contributed by atoms with Gasteiger partial charge in [0.2, 0.25) is 5.91 Å². The first-order valence-electron chi connectivity index (χ1n) is 9.20. The van der Waals surface area contributed by atoms with Gasteiger partial charge >= 0.3 is 0 Å². The van der Waals surface area contributed by atoms with E-state index < -0.39 is 0 Å². The van der Waals surface area contributed by atoms with Gasteiger partial charge in [-0.2, -0.15) is 4.99 Å². The van der Waals surface area contributed by atoms with Gasteiger partial charge in [0.1, 0.15) is 5.82 Å². The van der Waals surface area contributed by atoms with Crippen LogP contribution < -0.4 is 10.4 Å². The van der Waals surface area contributed by atoms with Crippen molar-refractivity contribution in [1.29, 1.82) is 0 Å². The van der Waals surface area contributed by atoms with Crippen molar-refractivity contribution in [2.75, 3.05) is 0 Å². The van der Waals surface area contributed by atoms with Crippen LogP contribution in [0.3, 0.4) is 0 Å². The second kappa shape index (κ2) is 8.68. The van der Waals surface area contributed by atoms with Crippen LogP contribution in [0.15, 0.2) is 69.9 Å². The molecule has 0 aliphatic heterocycles. The molecule has 1 amide bonds. The number of amides is 1. The summed E-state index contributed by atoms with van der Waals surface area (Å²) in [6.45, 7) is 0.401. The summed E-state index contributed by atoms with van der Waals surface area (Å²) in [7, 11) is 0. The molecular formula is C21H17FN4O2S2. The van der Waals surface area contributed by atoms with Gasteiger partial charge in [0.25, 0.3) is 5.56 Å². The summed E-state index contributed by atoms with van der Waals surface area (Å²) in [4.78, 5) is 32.7. The van der Waals surface area contributed by atoms with E-state index in [4.69, 9.17) is 12.2 Å². The quantitative estimate of drug-likeness (QED) is 0.482. The van der Waals surface area contributed by atoms with Crippen molar-refractivity contribution < 1.29 is 9.18 Å². The number of halogens is 1. The zero-order valence-corrected chi connectivity index (χ0v) is 17.4. The zero-order valence-electron chi connectivity index (χ0n) is 15.7. The van der Waals surface area contributed by atoms with Gasteiger partial charge in [-0.05, 0) is 30.4 Å². The lowest BCUT2D eigenvalue weighted by molar-refractivity contribution is -0.118. The summed E-state index contributed by atoms with van der Waals surface area (Å²) in [6, 6.07) is 13.6. The SMILES string of the molecule is O=C(CCn1c(=S)[nH]c2ccccc2c1=O)N=c1sccn1Cc1ccccc1F. The van der Waals surface area contributed by atoms with Crippen LogP contribution in [-0.2, 0) is 17.9 Å². The van der Waals surface area contributed by atoms with Crippen LogP contribution in [0.4, 0.5) is 4.39 Å². The number of para-hydroxylation sites is 1. The van der Waals surface area contributed by atoms with Crippen LogP contribution in [0.5, 0.6) is 0 Å². The zero-order chi connectivity index (χ0) is 21.1. The summed E-state index contributed by atoms with van der Waals surface area (Å²) in [5.41, 5.74) is 0.930. The van der Waals surface area contributed by atoms with Gasteiger partial charge in [0.05, 0.1) is 17.4 Å². The van der Waals surface area contributed by atoms with E-state index in [1.807, 2.05) is 6.07 Å². The lowest BCUT2D eigenvalue weighted by Crippen LogP contribution is -2.24. The highest BCUT2D eigenvalue weighted by molar-refractivity contribution is 7.71. The molecule has 0 radical (unpaired) electrons. The molecule has 0 spiro atoms. The molecule has 9 heteroatoms. The predicted molar refractivity (Wildman–Crippen MR) is 116 cm³/mol. The number of carbonyl (C=O) groups excluding carboxylic acids is 1. The van der Waals surface area contributed by atoms with E-state index >= 15 is 0 Å². The number of rotatable bonds is 5. The highest BCUT2D eigenvalue weighted by Gasteiger charge is 2.09. The van der Waals surface area contributed by atoms with Crippen LogP contribution in [0.2, 0.25) is 0 Å². The summed E-state index contributed by atoms with van der Waals surface area (Å²) >= 11 is 6.56. The number of benzene rings is 2. The molecule has 0 aliphatic carbocycles. The maximum absolute atomic E-state index is 13.9. The molecule has 30 heavy (non-hydrogen) atoms. The lowest BCUT2D eigenvalue weighted by atomic mass is 10.2. The minimum absolute atomic E-state index is 0.0212. The first-order chi connectivity index (χ1) is 14.5. The highest BCUT2D eigenvalue weighted by Crippen LogP contribution is 2.09. The maximum Gasteiger partial charge on any atom is 0.262 e. The fourth-order valence-corrected chi connectivity index (χ4v) is 4.12. The van der Waals surface area contributed by atoms with Crippen LogP contribution in [-0.4, -0.2) is 20.0 Å². The van der Waals surface area contributed by atoms with Crippen molar-refractivity contribution in [1.82, 2.24) is 14.1 Å². The van der Waals surface area contributed by atoms with Crippen molar-refractivity contribution in [2.45, 2.75) is 19.5 Å². The molecule has 4 aromatic rings. The van der Waals surface area contributed by atoms with Gasteiger partial charge in [-0.3, -0.25) is 14.2 Å². The van der Waals surface area contributed by atoms with Gasteiger partial charge < -0.3 is 9.55 Å². The largest absolute Gasteiger partial charge is 0.332 e. The van der Waals surface area contributed by atoms with Crippen molar-refractivity contribution in [2.24, 2.45) is 4.99 Å². The Bertz CT molecular complexity index is 1410. The van der Waals surface area contributed by atoms with Gasteiger partial charge in [-0.15, -0.1) is 11.3 Å². The van der Waals surface area contributed by atoms with Crippen molar-refractivity contribution in [3.05, 3.63) is 91.4 Å². The standard InChI is InChI=1S/C21H17FN4O2S2/c22-16-7-3-1-5-14(16)13-25-11-12-30-21(25)24-18(27)9-10-26-19(28)15-6-2-4-8-17(15)23-20(26)29/h1-8,11-12H,9-10,13H2,(H,23,29). The van der Waals surface area contributed by atoms with Crippen LogP contribution in [0.1, 0.15) is 12.0 Å². The third-order valence-electron chi connectivity index (χ3n) is 4.62. The Balaban J connectivity index is 1.54. The maximum atomic E-state index is 13.9. The minimum Gasteiger partial charge on any atom is -0.332 e. The molecule has 2 aromatic carbocycles. The Morgan fingerprint density at radius 1 is 1.17 bits per heavy atom. The fourth-order valence-electron chi connectivity index (χ4n) is 3.09. The lowest BCUT2D eigenvalue weighted by Gasteiger charge is -2.07. The molecule has 0 atom stereocenters. The first kappa shape index (κ1) is 20.1. The fraction of sp³-hybridized carbons (Fsp3) is 0.143. The molecule has 4 rings (SSSR count). The number of thiazole rings is 1. The van der Waals surface area contributed by atoms with Crippen LogP contribution >= 0.6 is 23.6 Å². The van der Waals surface area contributed by atoms with E-state index in [9.17, 15) is 14.0 Å². The van der Waals surface area contributed by atoms with E-state index in [1.54, 1.807) is 52.5 Å². The number of nitrogens with one attached hydrogen (secondary N) is 1. The summed E-state index contributed by atoms with van der Waals surface area (Å²) in [6.07, 6.45) is 1.78. The Morgan fingerprint density at radius 3 is 2.77 bits per heavy atom. The summed E-state index contributed by atoms with van der Waals surface area (Å²) < 4.78 is 17.3. The van der Waals surface area contributed by atoms with Crippen molar-refractivity contribution >= 4 is 40.4 Å². The average molecular weight is 441 g/mol. The summed E-state index contributed by atoms with van der Waals surface area (Å²) in [5.74, 6) is -0.687. The van der Waals surface area contributed by atoms with Crippen LogP contribution in [0.25, 0.3) is 10.9 Å². The van der Waals surface area contributed by atoms with Gasteiger partial charge in [-0.1, -0.05) is 30.3 Å². The number of aromatic nitrogens is 3. The Hall–Kier alpha value is -3.17.